The van der Waals surface area contributed by atoms with Crippen LogP contribution in [0.2, 0.25) is 0 Å². The molecule has 7 heteroatoms. The lowest BCUT2D eigenvalue weighted by atomic mass is 10.1. The van der Waals surface area contributed by atoms with E-state index in [9.17, 15) is 4.79 Å². The first-order chi connectivity index (χ1) is 11.6. The summed E-state index contributed by atoms with van der Waals surface area (Å²) in [6, 6.07) is 6.25. The molecule has 2 aromatic heterocycles. The van der Waals surface area contributed by atoms with E-state index in [-0.39, 0.29) is 5.91 Å². The standard InChI is InChI=1S/C17H18N4OS2/c1-4-5-13-15(24-21-20-13)16(22)19-17-18-14(9-23-17)12-7-6-10(2)11(3)8-12/h6-9H,4-5H2,1-3H3,(H,18,19,22). The Hall–Kier alpha value is -2.12. The van der Waals surface area contributed by atoms with Gasteiger partial charge in [0.05, 0.1) is 11.4 Å². The Morgan fingerprint density at radius 3 is 2.83 bits per heavy atom. The van der Waals surface area contributed by atoms with Crippen LogP contribution in [0.4, 0.5) is 5.13 Å². The van der Waals surface area contributed by atoms with Crippen molar-refractivity contribution in [1.82, 2.24) is 14.6 Å². The van der Waals surface area contributed by atoms with Gasteiger partial charge in [0.1, 0.15) is 4.88 Å². The van der Waals surface area contributed by atoms with Crippen LogP contribution in [0.25, 0.3) is 11.3 Å². The van der Waals surface area contributed by atoms with Gasteiger partial charge >= 0.3 is 0 Å². The molecule has 0 spiro atoms. The second kappa shape index (κ2) is 7.19. The van der Waals surface area contributed by atoms with Crippen molar-refractivity contribution in [3.8, 4) is 11.3 Å². The number of aromatic nitrogens is 3. The van der Waals surface area contributed by atoms with Gasteiger partial charge in [-0.05, 0) is 49.0 Å². The number of nitrogens with one attached hydrogen (secondary N) is 1. The zero-order chi connectivity index (χ0) is 17.1. The quantitative estimate of drug-likeness (QED) is 0.730. The molecule has 1 N–H and O–H groups in total. The summed E-state index contributed by atoms with van der Waals surface area (Å²) in [5, 5.41) is 9.43. The molecule has 0 bridgehead atoms. The largest absolute Gasteiger partial charge is 0.297 e. The lowest BCUT2D eigenvalue weighted by Crippen LogP contribution is -2.12. The molecular formula is C17H18N4OS2. The lowest BCUT2D eigenvalue weighted by Gasteiger charge is -2.03. The minimum atomic E-state index is -0.186. The molecule has 124 valence electrons. The SMILES string of the molecule is CCCc1nnsc1C(=O)Nc1nc(-c2ccc(C)c(C)c2)cs1. The summed E-state index contributed by atoms with van der Waals surface area (Å²) in [5.74, 6) is -0.186. The molecule has 0 saturated carbocycles. The number of benzene rings is 1. The van der Waals surface area contributed by atoms with E-state index in [2.05, 4.69) is 58.9 Å². The van der Waals surface area contributed by atoms with E-state index < -0.39 is 0 Å². The molecule has 0 atom stereocenters. The molecule has 0 aliphatic heterocycles. The van der Waals surface area contributed by atoms with Crippen LogP contribution in [-0.2, 0) is 6.42 Å². The molecule has 5 nitrogen and oxygen atoms in total. The monoisotopic (exact) mass is 358 g/mol. The van der Waals surface area contributed by atoms with Crippen LogP contribution in [0.1, 0.15) is 39.8 Å². The fourth-order valence-corrected chi connectivity index (χ4v) is 3.62. The zero-order valence-corrected chi connectivity index (χ0v) is 15.4. The second-order valence-corrected chi connectivity index (χ2v) is 7.20. The van der Waals surface area contributed by atoms with Crippen molar-refractivity contribution in [2.24, 2.45) is 0 Å². The van der Waals surface area contributed by atoms with Crippen molar-refractivity contribution >= 4 is 33.9 Å². The second-order valence-electron chi connectivity index (χ2n) is 5.59. The number of aryl methyl sites for hydroxylation is 3. The van der Waals surface area contributed by atoms with Gasteiger partial charge in [-0.25, -0.2) is 4.98 Å². The number of carbonyl (C=O) groups excluding carboxylic acids is 1. The molecule has 3 rings (SSSR count). The van der Waals surface area contributed by atoms with Crippen LogP contribution in [0.15, 0.2) is 23.6 Å². The van der Waals surface area contributed by atoms with Gasteiger partial charge in [-0.2, -0.15) is 0 Å². The summed E-state index contributed by atoms with van der Waals surface area (Å²) in [7, 11) is 0. The molecule has 0 aliphatic rings. The van der Waals surface area contributed by atoms with Crippen LogP contribution >= 0.6 is 22.9 Å². The average molecular weight is 358 g/mol. The molecule has 0 radical (unpaired) electrons. The summed E-state index contributed by atoms with van der Waals surface area (Å²) in [5.41, 5.74) is 5.16. The lowest BCUT2D eigenvalue weighted by molar-refractivity contribution is 0.102. The van der Waals surface area contributed by atoms with E-state index in [1.807, 2.05) is 5.38 Å². The fraction of sp³-hybridized carbons (Fsp3) is 0.294. The minimum Gasteiger partial charge on any atom is -0.297 e. The maximum Gasteiger partial charge on any atom is 0.271 e. The average Bonchev–Trinajstić information content (AvgIpc) is 3.20. The number of hydrogen-bond donors (Lipinski definition) is 1. The van der Waals surface area contributed by atoms with Crippen molar-refractivity contribution in [3.63, 3.8) is 0 Å². The molecular weight excluding hydrogens is 340 g/mol. The Bertz CT molecular complexity index is 869. The third kappa shape index (κ3) is 3.52. The van der Waals surface area contributed by atoms with Gasteiger partial charge in [0.2, 0.25) is 0 Å². The van der Waals surface area contributed by atoms with Crippen molar-refractivity contribution < 1.29 is 4.79 Å². The Morgan fingerprint density at radius 2 is 2.08 bits per heavy atom. The third-order valence-corrected chi connectivity index (χ3v) is 5.30. The minimum absolute atomic E-state index is 0.186. The van der Waals surface area contributed by atoms with Gasteiger partial charge in [-0.15, -0.1) is 16.4 Å². The van der Waals surface area contributed by atoms with Gasteiger partial charge in [0.15, 0.2) is 5.13 Å². The molecule has 0 aliphatic carbocycles. The van der Waals surface area contributed by atoms with Crippen LogP contribution in [0, 0.1) is 13.8 Å². The molecule has 0 saturated heterocycles. The van der Waals surface area contributed by atoms with Crippen LogP contribution < -0.4 is 5.32 Å². The number of anilines is 1. The molecule has 0 unspecified atom stereocenters. The van der Waals surface area contributed by atoms with E-state index in [0.717, 1.165) is 41.3 Å². The predicted molar refractivity (Wildman–Crippen MR) is 98.9 cm³/mol. The third-order valence-electron chi connectivity index (χ3n) is 3.78. The van der Waals surface area contributed by atoms with Crippen molar-refractivity contribution in [1.29, 1.82) is 0 Å². The maximum absolute atomic E-state index is 12.4. The van der Waals surface area contributed by atoms with Crippen LogP contribution in [0.5, 0.6) is 0 Å². The van der Waals surface area contributed by atoms with Gasteiger partial charge in [-0.3, -0.25) is 10.1 Å². The highest BCUT2D eigenvalue weighted by Crippen LogP contribution is 2.27. The molecule has 0 fully saturated rings. The van der Waals surface area contributed by atoms with E-state index in [4.69, 9.17) is 0 Å². The summed E-state index contributed by atoms with van der Waals surface area (Å²) < 4.78 is 3.89. The Labute approximate surface area is 148 Å². The summed E-state index contributed by atoms with van der Waals surface area (Å²) >= 11 is 2.55. The Kier molecular flexibility index (Phi) is 5.01. The van der Waals surface area contributed by atoms with E-state index in [1.54, 1.807) is 0 Å². The molecule has 3 aromatic rings. The zero-order valence-electron chi connectivity index (χ0n) is 13.8. The number of rotatable bonds is 5. The summed E-state index contributed by atoms with van der Waals surface area (Å²) in [6.07, 6.45) is 1.69. The number of nitrogens with zero attached hydrogens (tertiary/aromatic N) is 3. The molecule has 2 heterocycles. The number of thiazole rings is 1. The molecule has 1 aromatic carbocycles. The van der Waals surface area contributed by atoms with Gasteiger partial charge in [0.25, 0.3) is 5.91 Å². The number of amides is 1. The highest BCUT2D eigenvalue weighted by atomic mass is 32.1. The van der Waals surface area contributed by atoms with Crippen molar-refractivity contribution in [2.45, 2.75) is 33.6 Å². The fourth-order valence-electron chi connectivity index (χ4n) is 2.30. The first-order valence-corrected chi connectivity index (χ1v) is 9.39. The van der Waals surface area contributed by atoms with Crippen LogP contribution in [0.3, 0.4) is 0 Å². The smallest absolute Gasteiger partial charge is 0.271 e. The number of hydrogen-bond acceptors (Lipinski definition) is 6. The summed E-state index contributed by atoms with van der Waals surface area (Å²) in [4.78, 5) is 17.5. The van der Waals surface area contributed by atoms with Crippen molar-refractivity contribution in [2.75, 3.05) is 5.32 Å². The van der Waals surface area contributed by atoms with E-state index >= 15 is 0 Å². The van der Waals surface area contributed by atoms with Gasteiger partial charge in [0, 0.05) is 10.9 Å². The highest BCUT2D eigenvalue weighted by molar-refractivity contribution is 7.14. The van der Waals surface area contributed by atoms with E-state index in [1.165, 1.54) is 22.5 Å². The highest BCUT2D eigenvalue weighted by Gasteiger charge is 2.17. The topological polar surface area (TPSA) is 67.8 Å². The number of carbonyl (C=O) groups is 1. The molecule has 1 amide bonds. The molecule has 24 heavy (non-hydrogen) atoms. The van der Waals surface area contributed by atoms with E-state index in [0.29, 0.717) is 10.0 Å². The Balaban J connectivity index is 1.77. The first-order valence-electron chi connectivity index (χ1n) is 7.74. The van der Waals surface area contributed by atoms with Crippen LogP contribution in [-0.4, -0.2) is 20.5 Å². The normalized spacial score (nSPS) is 10.8. The summed E-state index contributed by atoms with van der Waals surface area (Å²) in [6.45, 7) is 6.22. The van der Waals surface area contributed by atoms with Gasteiger partial charge < -0.3 is 0 Å². The van der Waals surface area contributed by atoms with Gasteiger partial charge in [-0.1, -0.05) is 30.0 Å². The Morgan fingerprint density at radius 1 is 1.25 bits per heavy atom. The maximum atomic E-state index is 12.4. The first kappa shape index (κ1) is 16.7. The van der Waals surface area contributed by atoms with Crippen molar-refractivity contribution in [3.05, 3.63) is 45.3 Å². The predicted octanol–water partition coefficient (Wildman–Crippen LogP) is 4.48.